The maximum Gasteiger partial charge on any atom is 0.422 e. The van der Waals surface area contributed by atoms with Gasteiger partial charge in [0.15, 0.2) is 6.61 Å². The highest BCUT2D eigenvalue weighted by Gasteiger charge is 2.28. The normalized spacial score (nSPS) is 10.8. The molecule has 1 rings (SSSR count). The molecule has 0 heterocycles. The smallest absolute Gasteiger partial charge is 0.422 e. The number of aryl methyl sites for hydroxylation is 1. The largest absolute Gasteiger partial charge is 0.484 e. The molecule has 0 saturated heterocycles. The Morgan fingerprint density at radius 3 is 2.44 bits per heavy atom. The Balaban J connectivity index is 0.00000225. The molecule has 2 nitrogen and oxygen atoms in total. The number of rotatable bonds is 3. The zero-order chi connectivity index (χ0) is 11.5. The Kier molecular flexibility index (Phi) is 5.61. The van der Waals surface area contributed by atoms with E-state index in [0.29, 0.717) is 5.56 Å². The Hall–Kier alpha value is -0.940. The number of benzene rings is 1. The van der Waals surface area contributed by atoms with Crippen LogP contribution < -0.4 is 10.5 Å². The van der Waals surface area contributed by atoms with Crippen molar-refractivity contribution in [2.45, 2.75) is 19.6 Å². The highest BCUT2D eigenvalue weighted by Crippen LogP contribution is 2.22. The van der Waals surface area contributed by atoms with Crippen LogP contribution in [-0.2, 0) is 6.54 Å². The van der Waals surface area contributed by atoms with Crippen molar-refractivity contribution in [3.8, 4) is 5.75 Å². The van der Waals surface area contributed by atoms with Gasteiger partial charge in [0.05, 0.1) is 0 Å². The second kappa shape index (κ2) is 5.96. The molecule has 0 aliphatic carbocycles. The third kappa shape index (κ3) is 4.72. The van der Waals surface area contributed by atoms with E-state index in [1.165, 1.54) is 6.07 Å². The van der Waals surface area contributed by atoms with Gasteiger partial charge >= 0.3 is 6.18 Å². The molecule has 0 radical (unpaired) electrons. The molecule has 0 unspecified atom stereocenters. The average Bonchev–Trinajstić information content (AvgIpc) is 2.15. The highest BCUT2D eigenvalue weighted by atomic mass is 35.5. The van der Waals surface area contributed by atoms with E-state index < -0.39 is 12.8 Å². The summed E-state index contributed by atoms with van der Waals surface area (Å²) >= 11 is 0. The van der Waals surface area contributed by atoms with Crippen molar-refractivity contribution in [3.05, 3.63) is 29.3 Å². The fourth-order valence-corrected chi connectivity index (χ4v) is 1.09. The second-order valence-corrected chi connectivity index (χ2v) is 3.21. The van der Waals surface area contributed by atoms with Gasteiger partial charge in [0.1, 0.15) is 5.75 Å². The lowest BCUT2D eigenvalue weighted by Gasteiger charge is -2.12. The highest BCUT2D eigenvalue weighted by molar-refractivity contribution is 5.85. The van der Waals surface area contributed by atoms with Gasteiger partial charge in [0, 0.05) is 6.54 Å². The van der Waals surface area contributed by atoms with Crippen molar-refractivity contribution >= 4 is 12.4 Å². The van der Waals surface area contributed by atoms with Crippen molar-refractivity contribution < 1.29 is 17.9 Å². The lowest BCUT2D eigenvalue weighted by Crippen LogP contribution is -2.19. The SMILES string of the molecule is Cc1ccc(CN)cc1OCC(F)(F)F.Cl. The van der Waals surface area contributed by atoms with Crippen molar-refractivity contribution in [3.63, 3.8) is 0 Å². The molecular weight excluding hydrogens is 243 g/mol. The van der Waals surface area contributed by atoms with Crippen LogP contribution in [0.2, 0.25) is 0 Å². The van der Waals surface area contributed by atoms with Crippen LogP contribution in [0.3, 0.4) is 0 Å². The lowest BCUT2D eigenvalue weighted by atomic mass is 10.1. The van der Waals surface area contributed by atoms with Crippen molar-refractivity contribution in [1.82, 2.24) is 0 Å². The molecule has 16 heavy (non-hydrogen) atoms. The minimum absolute atomic E-state index is 0. The van der Waals surface area contributed by atoms with E-state index >= 15 is 0 Å². The Morgan fingerprint density at radius 1 is 1.31 bits per heavy atom. The van der Waals surface area contributed by atoms with Gasteiger partial charge in [-0.05, 0) is 24.1 Å². The standard InChI is InChI=1S/C10H12F3NO.ClH/c1-7-2-3-8(5-14)4-9(7)15-6-10(11,12)13;/h2-4H,5-6,14H2,1H3;1H. The molecule has 0 saturated carbocycles. The molecule has 0 spiro atoms. The molecule has 0 atom stereocenters. The van der Waals surface area contributed by atoms with Crippen molar-refractivity contribution in [2.75, 3.05) is 6.61 Å². The van der Waals surface area contributed by atoms with E-state index in [1.807, 2.05) is 0 Å². The van der Waals surface area contributed by atoms with Gasteiger partial charge in [0.25, 0.3) is 0 Å². The predicted octanol–water partition coefficient (Wildman–Crippen LogP) is 2.82. The number of hydrogen-bond acceptors (Lipinski definition) is 2. The summed E-state index contributed by atoms with van der Waals surface area (Å²) < 4.78 is 40.4. The van der Waals surface area contributed by atoms with Crippen LogP contribution >= 0.6 is 12.4 Å². The summed E-state index contributed by atoms with van der Waals surface area (Å²) in [4.78, 5) is 0. The van der Waals surface area contributed by atoms with Gasteiger partial charge < -0.3 is 10.5 Å². The number of hydrogen-bond donors (Lipinski definition) is 1. The summed E-state index contributed by atoms with van der Waals surface area (Å²) in [5.74, 6) is 0.232. The number of halogens is 4. The first-order valence-corrected chi connectivity index (χ1v) is 4.41. The van der Waals surface area contributed by atoms with Crippen LogP contribution in [0.1, 0.15) is 11.1 Å². The molecule has 1 aromatic carbocycles. The molecule has 0 fully saturated rings. The van der Waals surface area contributed by atoms with Crippen molar-refractivity contribution in [2.24, 2.45) is 5.73 Å². The van der Waals surface area contributed by atoms with Crippen molar-refractivity contribution in [1.29, 1.82) is 0 Å². The minimum atomic E-state index is -4.31. The van der Waals surface area contributed by atoms with Crippen LogP contribution in [0.25, 0.3) is 0 Å². The minimum Gasteiger partial charge on any atom is -0.484 e. The second-order valence-electron chi connectivity index (χ2n) is 3.21. The first-order valence-electron chi connectivity index (χ1n) is 4.41. The van der Waals surface area contributed by atoms with Gasteiger partial charge in [-0.1, -0.05) is 12.1 Å². The van der Waals surface area contributed by atoms with E-state index in [9.17, 15) is 13.2 Å². The van der Waals surface area contributed by atoms with E-state index in [1.54, 1.807) is 19.1 Å². The first kappa shape index (κ1) is 15.1. The third-order valence-electron chi connectivity index (χ3n) is 1.88. The number of nitrogens with two attached hydrogens (primary N) is 1. The predicted molar refractivity (Wildman–Crippen MR) is 57.9 cm³/mol. The van der Waals surface area contributed by atoms with Gasteiger partial charge in [-0.25, -0.2) is 0 Å². The zero-order valence-corrected chi connectivity index (χ0v) is 9.49. The molecular formula is C10H13ClF3NO. The quantitative estimate of drug-likeness (QED) is 0.901. The Bertz CT molecular complexity index is 341. The fraction of sp³-hybridized carbons (Fsp3) is 0.400. The monoisotopic (exact) mass is 255 g/mol. The maximum atomic E-state index is 11.9. The Labute approximate surface area is 98.0 Å². The summed E-state index contributed by atoms with van der Waals surface area (Å²) in [5.41, 5.74) is 6.78. The first-order chi connectivity index (χ1) is 6.92. The van der Waals surface area contributed by atoms with Crippen LogP contribution in [0.15, 0.2) is 18.2 Å². The maximum absolute atomic E-state index is 11.9. The van der Waals surface area contributed by atoms with Crippen LogP contribution in [-0.4, -0.2) is 12.8 Å². The van der Waals surface area contributed by atoms with E-state index in [2.05, 4.69) is 4.74 Å². The lowest BCUT2D eigenvalue weighted by molar-refractivity contribution is -0.153. The van der Waals surface area contributed by atoms with Gasteiger partial charge in [-0.3, -0.25) is 0 Å². The molecule has 1 aromatic rings. The van der Waals surface area contributed by atoms with Crippen LogP contribution in [0, 0.1) is 6.92 Å². The van der Waals surface area contributed by atoms with E-state index in [4.69, 9.17) is 5.73 Å². The molecule has 0 aliphatic rings. The zero-order valence-electron chi connectivity index (χ0n) is 8.67. The van der Waals surface area contributed by atoms with Gasteiger partial charge in [-0.2, -0.15) is 13.2 Å². The average molecular weight is 256 g/mol. The number of alkyl halides is 3. The summed E-state index contributed by atoms with van der Waals surface area (Å²) in [6.45, 7) is 0.691. The van der Waals surface area contributed by atoms with Crippen LogP contribution in [0.4, 0.5) is 13.2 Å². The summed E-state index contributed by atoms with van der Waals surface area (Å²) in [6.07, 6.45) is -4.31. The molecule has 0 aromatic heterocycles. The van der Waals surface area contributed by atoms with Gasteiger partial charge in [-0.15, -0.1) is 12.4 Å². The molecule has 0 aliphatic heterocycles. The Morgan fingerprint density at radius 2 is 1.94 bits per heavy atom. The topological polar surface area (TPSA) is 35.2 Å². The van der Waals surface area contributed by atoms with Crippen LogP contribution in [0.5, 0.6) is 5.75 Å². The summed E-state index contributed by atoms with van der Waals surface area (Å²) in [6, 6.07) is 4.98. The third-order valence-corrected chi connectivity index (χ3v) is 1.88. The molecule has 6 heteroatoms. The molecule has 0 bridgehead atoms. The van der Waals surface area contributed by atoms with Gasteiger partial charge in [0.2, 0.25) is 0 Å². The summed E-state index contributed by atoms with van der Waals surface area (Å²) in [7, 11) is 0. The molecule has 0 amide bonds. The fourth-order valence-electron chi connectivity index (χ4n) is 1.09. The molecule has 2 N–H and O–H groups in total. The number of ether oxygens (including phenoxy) is 1. The summed E-state index contributed by atoms with van der Waals surface area (Å²) in [5, 5.41) is 0. The van der Waals surface area contributed by atoms with E-state index in [0.717, 1.165) is 5.56 Å². The van der Waals surface area contributed by atoms with E-state index in [-0.39, 0.29) is 24.7 Å². The molecule has 92 valence electrons.